The monoisotopic (exact) mass is 296 g/mol. The standard InChI is InChI=1S/C13H17ClN4O2/c1-2-10-13(20)17-3-4-18(10)11-8(12(16)19)5-7(15)6-9(11)14/h5-6,10H,2-4,15H2,1H3,(H2,16,19)(H,17,20). The lowest BCUT2D eigenvalue weighted by Crippen LogP contribution is -2.55. The average molecular weight is 297 g/mol. The van der Waals surface area contributed by atoms with Crippen molar-refractivity contribution in [2.45, 2.75) is 19.4 Å². The van der Waals surface area contributed by atoms with Gasteiger partial charge in [0.25, 0.3) is 5.91 Å². The van der Waals surface area contributed by atoms with Gasteiger partial charge < -0.3 is 21.7 Å². The fourth-order valence-electron chi connectivity index (χ4n) is 2.49. The Hall–Kier alpha value is -1.95. The van der Waals surface area contributed by atoms with Crippen LogP contribution in [0.5, 0.6) is 0 Å². The molecular formula is C13H17ClN4O2. The van der Waals surface area contributed by atoms with E-state index in [1.54, 1.807) is 6.07 Å². The summed E-state index contributed by atoms with van der Waals surface area (Å²) >= 11 is 6.22. The first-order valence-electron chi connectivity index (χ1n) is 6.38. The number of carbonyl (C=O) groups excluding carboxylic acids is 2. The van der Waals surface area contributed by atoms with Crippen LogP contribution in [0, 0.1) is 0 Å². The van der Waals surface area contributed by atoms with Crippen LogP contribution in [0.15, 0.2) is 12.1 Å². The molecule has 5 N–H and O–H groups in total. The van der Waals surface area contributed by atoms with Gasteiger partial charge in [0.05, 0.1) is 16.3 Å². The smallest absolute Gasteiger partial charge is 0.250 e. The fraction of sp³-hybridized carbons (Fsp3) is 0.385. The van der Waals surface area contributed by atoms with Crippen molar-refractivity contribution >= 4 is 34.8 Å². The molecule has 108 valence electrons. The predicted molar refractivity (Wildman–Crippen MR) is 78.8 cm³/mol. The molecular weight excluding hydrogens is 280 g/mol. The minimum Gasteiger partial charge on any atom is -0.399 e. The quantitative estimate of drug-likeness (QED) is 0.716. The second kappa shape index (κ2) is 5.58. The fourth-order valence-corrected chi connectivity index (χ4v) is 2.82. The Balaban J connectivity index is 2.55. The number of hydrogen-bond acceptors (Lipinski definition) is 4. The summed E-state index contributed by atoms with van der Waals surface area (Å²) < 4.78 is 0. The van der Waals surface area contributed by atoms with E-state index in [0.717, 1.165) is 0 Å². The number of nitrogens with two attached hydrogens (primary N) is 2. The summed E-state index contributed by atoms with van der Waals surface area (Å²) in [7, 11) is 0. The molecule has 1 aromatic carbocycles. The van der Waals surface area contributed by atoms with Crippen molar-refractivity contribution in [3.63, 3.8) is 0 Å². The van der Waals surface area contributed by atoms with Crippen molar-refractivity contribution in [3.8, 4) is 0 Å². The number of nitrogens with one attached hydrogen (secondary N) is 1. The summed E-state index contributed by atoms with van der Waals surface area (Å²) in [5, 5.41) is 3.12. The van der Waals surface area contributed by atoms with E-state index >= 15 is 0 Å². The molecule has 1 heterocycles. The Morgan fingerprint density at radius 3 is 2.85 bits per heavy atom. The normalized spacial score (nSPS) is 18.8. The van der Waals surface area contributed by atoms with Crippen molar-refractivity contribution in [1.82, 2.24) is 5.32 Å². The van der Waals surface area contributed by atoms with Gasteiger partial charge in [0.2, 0.25) is 5.91 Å². The number of benzene rings is 1. The molecule has 20 heavy (non-hydrogen) atoms. The van der Waals surface area contributed by atoms with Crippen molar-refractivity contribution < 1.29 is 9.59 Å². The van der Waals surface area contributed by atoms with E-state index < -0.39 is 5.91 Å². The van der Waals surface area contributed by atoms with Crippen molar-refractivity contribution in [3.05, 3.63) is 22.7 Å². The largest absolute Gasteiger partial charge is 0.399 e. The zero-order chi connectivity index (χ0) is 14.9. The van der Waals surface area contributed by atoms with Gasteiger partial charge in [-0.15, -0.1) is 0 Å². The maximum atomic E-state index is 11.9. The SMILES string of the molecule is CCC1C(=O)NCCN1c1c(Cl)cc(N)cc1C(N)=O. The van der Waals surface area contributed by atoms with Crippen molar-refractivity contribution in [2.75, 3.05) is 23.7 Å². The Morgan fingerprint density at radius 1 is 1.55 bits per heavy atom. The lowest BCUT2D eigenvalue weighted by Gasteiger charge is -2.37. The number of anilines is 2. The number of piperazine rings is 1. The number of halogens is 1. The second-order valence-electron chi connectivity index (χ2n) is 4.67. The molecule has 1 unspecified atom stereocenters. The third kappa shape index (κ3) is 2.51. The van der Waals surface area contributed by atoms with E-state index in [9.17, 15) is 9.59 Å². The van der Waals surface area contributed by atoms with Gasteiger partial charge in [0.15, 0.2) is 0 Å². The van der Waals surface area contributed by atoms with Gasteiger partial charge in [-0.25, -0.2) is 0 Å². The Labute approximate surface area is 122 Å². The van der Waals surface area contributed by atoms with Crippen LogP contribution in [0.2, 0.25) is 5.02 Å². The highest BCUT2D eigenvalue weighted by Crippen LogP contribution is 2.34. The number of amides is 2. The molecule has 1 aliphatic rings. The summed E-state index contributed by atoms with van der Waals surface area (Å²) in [6, 6.07) is 2.67. The predicted octanol–water partition coefficient (Wildman–Crippen LogP) is 0.736. The van der Waals surface area contributed by atoms with Crippen LogP contribution in [-0.2, 0) is 4.79 Å². The van der Waals surface area contributed by atoms with E-state index in [-0.39, 0.29) is 17.5 Å². The molecule has 1 saturated heterocycles. The van der Waals surface area contributed by atoms with Crippen LogP contribution < -0.4 is 21.7 Å². The first-order chi connectivity index (χ1) is 9.45. The molecule has 0 bridgehead atoms. The summed E-state index contributed by atoms with van der Waals surface area (Å²) in [4.78, 5) is 25.4. The molecule has 0 radical (unpaired) electrons. The van der Waals surface area contributed by atoms with Crippen LogP contribution in [0.25, 0.3) is 0 Å². The summed E-state index contributed by atoms with van der Waals surface area (Å²) in [5.74, 6) is -0.697. The third-order valence-electron chi connectivity index (χ3n) is 3.36. The highest BCUT2D eigenvalue weighted by molar-refractivity contribution is 6.34. The Kier molecular flexibility index (Phi) is 4.04. The number of nitrogen functional groups attached to an aromatic ring is 1. The second-order valence-corrected chi connectivity index (χ2v) is 5.08. The molecule has 2 amide bonds. The number of hydrogen-bond donors (Lipinski definition) is 3. The molecule has 0 aromatic heterocycles. The average Bonchev–Trinajstić information content (AvgIpc) is 2.37. The Morgan fingerprint density at radius 2 is 2.25 bits per heavy atom. The number of carbonyl (C=O) groups is 2. The maximum Gasteiger partial charge on any atom is 0.250 e. The van der Waals surface area contributed by atoms with Crippen molar-refractivity contribution in [1.29, 1.82) is 0 Å². The summed E-state index contributed by atoms with van der Waals surface area (Å²) in [6.07, 6.45) is 0.602. The lowest BCUT2D eigenvalue weighted by molar-refractivity contribution is -0.123. The van der Waals surface area contributed by atoms with Crippen LogP contribution in [0.3, 0.4) is 0 Å². The molecule has 6 nitrogen and oxygen atoms in total. The van der Waals surface area contributed by atoms with Crippen LogP contribution in [-0.4, -0.2) is 30.9 Å². The molecule has 1 fully saturated rings. The molecule has 0 aliphatic carbocycles. The first kappa shape index (κ1) is 14.5. The van der Waals surface area contributed by atoms with Gasteiger partial charge in [0.1, 0.15) is 6.04 Å². The van der Waals surface area contributed by atoms with E-state index in [2.05, 4.69) is 5.32 Å². The van der Waals surface area contributed by atoms with Crippen LogP contribution in [0.4, 0.5) is 11.4 Å². The Bertz CT molecular complexity index is 562. The number of nitrogens with zero attached hydrogens (tertiary/aromatic N) is 1. The molecule has 7 heteroatoms. The highest BCUT2D eigenvalue weighted by Gasteiger charge is 2.31. The van der Waals surface area contributed by atoms with Crippen molar-refractivity contribution in [2.24, 2.45) is 5.73 Å². The molecule has 0 spiro atoms. The third-order valence-corrected chi connectivity index (χ3v) is 3.64. The van der Waals surface area contributed by atoms with Gasteiger partial charge in [-0.1, -0.05) is 18.5 Å². The van der Waals surface area contributed by atoms with Gasteiger partial charge in [-0.2, -0.15) is 0 Å². The summed E-state index contributed by atoms with van der Waals surface area (Å²) in [5.41, 5.74) is 12.2. The number of rotatable bonds is 3. The van der Waals surface area contributed by atoms with E-state index in [4.69, 9.17) is 23.1 Å². The van der Waals surface area contributed by atoms with E-state index in [1.165, 1.54) is 6.07 Å². The molecule has 1 aromatic rings. The van der Waals surface area contributed by atoms with Crippen LogP contribution in [0.1, 0.15) is 23.7 Å². The number of primary amides is 1. The molecule has 2 rings (SSSR count). The maximum absolute atomic E-state index is 11.9. The summed E-state index contributed by atoms with van der Waals surface area (Å²) in [6.45, 7) is 2.96. The van der Waals surface area contributed by atoms with Gasteiger partial charge >= 0.3 is 0 Å². The van der Waals surface area contributed by atoms with Crippen LogP contribution >= 0.6 is 11.6 Å². The van der Waals surface area contributed by atoms with E-state index in [0.29, 0.717) is 35.9 Å². The molecule has 0 saturated carbocycles. The van der Waals surface area contributed by atoms with E-state index in [1.807, 2.05) is 11.8 Å². The first-order valence-corrected chi connectivity index (χ1v) is 6.76. The zero-order valence-electron chi connectivity index (χ0n) is 11.1. The topological polar surface area (TPSA) is 101 Å². The van der Waals surface area contributed by atoms with Gasteiger partial charge in [0, 0.05) is 18.8 Å². The molecule has 1 atom stereocenters. The van der Waals surface area contributed by atoms with Gasteiger partial charge in [-0.05, 0) is 18.6 Å². The minimum absolute atomic E-state index is 0.0814. The zero-order valence-corrected chi connectivity index (χ0v) is 11.9. The highest BCUT2D eigenvalue weighted by atomic mass is 35.5. The molecule has 1 aliphatic heterocycles. The van der Waals surface area contributed by atoms with Gasteiger partial charge in [-0.3, -0.25) is 9.59 Å². The lowest BCUT2D eigenvalue weighted by atomic mass is 10.0. The minimum atomic E-state index is -0.616.